The molecule has 0 aromatic rings. The Kier molecular flexibility index (Phi) is 4.55. The van der Waals surface area contributed by atoms with Gasteiger partial charge in [-0.05, 0) is 32.6 Å². The quantitative estimate of drug-likeness (QED) is 0.747. The highest BCUT2D eigenvalue weighted by Crippen LogP contribution is 2.31. The first-order chi connectivity index (χ1) is 7.79. The van der Waals surface area contributed by atoms with Crippen LogP contribution in [0, 0.1) is 5.92 Å². The molecule has 0 spiro atoms. The highest BCUT2D eigenvalue weighted by atomic mass is 19.1. The van der Waals surface area contributed by atoms with Crippen LogP contribution in [0.15, 0.2) is 0 Å². The minimum absolute atomic E-state index is 0.0683. The molecule has 2 aliphatic rings. The summed E-state index contributed by atoms with van der Waals surface area (Å²) in [6, 6.07) is 0. The Hall–Kier alpha value is -0.190. The molecule has 0 N–H and O–H groups in total. The SMILES string of the molecule is CCOC1COC(C2CCC(F)CC2)OC1. The van der Waals surface area contributed by atoms with Crippen LogP contribution in [-0.2, 0) is 14.2 Å². The average molecular weight is 232 g/mol. The van der Waals surface area contributed by atoms with Gasteiger partial charge in [0.2, 0.25) is 0 Å². The number of hydrogen-bond donors (Lipinski definition) is 0. The van der Waals surface area contributed by atoms with Crippen molar-refractivity contribution >= 4 is 0 Å². The second kappa shape index (κ2) is 5.94. The van der Waals surface area contributed by atoms with Crippen LogP contribution in [0.3, 0.4) is 0 Å². The molecule has 0 aromatic carbocycles. The van der Waals surface area contributed by atoms with Gasteiger partial charge in [-0.15, -0.1) is 0 Å². The number of hydrogen-bond acceptors (Lipinski definition) is 3. The summed E-state index contributed by atoms with van der Waals surface area (Å²) in [6.45, 7) is 3.87. The van der Waals surface area contributed by atoms with Crippen molar-refractivity contribution in [2.45, 2.75) is 51.2 Å². The lowest BCUT2D eigenvalue weighted by Gasteiger charge is -2.36. The normalized spacial score (nSPS) is 40.9. The molecule has 1 saturated carbocycles. The predicted molar refractivity (Wildman–Crippen MR) is 58.0 cm³/mol. The van der Waals surface area contributed by atoms with E-state index < -0.39 is 6.17 Å². The first-order valence-corrected chi connectivity index (χ1v) is 6.28. The average Bonchev–Trinajstić information content (AvgIpc) is 2.32. The highest BCUT2D eigenvalue weighted by Gasteiger charge is 2.32. The van der Waals surface area contributed by atoms with Crippen LogP contribution in [-0.4, -0.2) is 38.4 Å². The summed E-state index contributed by atoms with van der Waals surface area (Å²) in [4.78, 5) is 0. The molecular formula is C12H21FO3. The van der Waals surface area contributed by atoms with Crippen molar-refractivity contribution in [1.29, 1.82) is 0 Å². The minimum atomic E-state index is -0.615. The fourth-order valence-electron chi connectivity index (χ4n) is 2.46. The van der Waals surface area contributed by atoms with E-state index in [1.807, 2.05) is 6.92 Å². The maximum atomic E-state index is 13.0. The van der Waals surface area contributed by atoms with Crippen molar-refractivity contribution in [3.8, 4) is 0 Å². The molecule has 0 unspecified atom stereocenters. The number of alkyl halides is 1. The van der Waals surface area contributed by atoms with Crippen LogP contribution in [0.25, 0.3) is 0 Å². The van der Waals surface area contributed by atoms with E-state index >= 15 is 0 Å². The summed E-state index contributed by atoms with van der Waals surface area (Å²) in [6.07, 6.45) is 2.39. The van der Waals surface area contributed by atoms with Gasteiger partial charge in [0.05, 0.1) is 13.2 Å². The molecule has 1 saturated heterocycles. The predicted octanol–water partition coefficient (Wildman–Crippen LogP) is 2.29. The van der Waals surface area contributed by atoms with E-state index in [2.05, 4.69) is 0 Å². The summed E-state index contributed by atoms with van der Waals surface area (Å²) in [5.41, 5.74) is 0. The number of ether oxygens (including phenoxy) is 3. The molecule has 1 aliphatic carbocycles. The first-order valence-electron chi connectivity index (χ1n) is 6.28. The van der Waals surface area contributed by atoms with Gasteiger partial charge in [0, 0.05) is 12.5 Å². The van der Waals surface area contributed by atoms with Gasteiger partial charge in [0.1, 0.15) is 12.3 Å². The number of rotatable bonds is 3. The van der Waals surface area contributed by atoms with E-state index in [0.29, 0.717) is 38.6 Å². The molecule has 94 valence electrons. The van der Waals surface area contributed by atoms with Crippen molar-refractivity contribution in [2.24, 2.45) is 5.92 Å². The molecular weight excluding hydrogens is 211 g/mol. The molecule has 4 heteroatoms. The van der Waals surface area contributed by atoms with E-state index in [-0.39, 0.29) is 12.4 Å². The molecule has 2 fully saturated rings. The molecule has 0 atom stereocenters. The van der Waals surface area contributed by atoms with E-state index in [9.17, 15) is 4.39 Å². The van der Waals surface area contributed by atoms with Gasteiger partial charge in [0.25, 0.3) is 0 Å². The lowest BCUT2D eigenvalue weighted by molar-refractivity contribution is -0.249. The van der Waals surface area contributed by atoms with Crippen molar-refractivity contribution in [1.82, 2.24) is 0 Å². The van der Waals surface area contributed by atoms with Gasteiger partial charge in [-0.3, -0.25) is 0 Å². The van der Waals surface area contributed by atoms with Crippen LogP contribution in [0.5, 0.6) is 0 Å². The standard InChI is InChI=1S/C12H21FO3/c1-2-14-11-7-15-12(16-8-11)9-3-5-10(13)6-4-9/h9-12H,2-8H2,1H3. The topological polar surface area (TPSA) is 27.7 Å². The van der Waals surface area contributed by atoms with E-state index in [0.717, 1.165) is 12.8 Å². The molecule has 1 heterocycles. The maximum absolute atomic E-state index is 13.0. The molecule has 16 heavy (non-hydrogen) atoms. The Morgan fingerprint density at radius 2 is 1.75 bits per heavy atom. The zero-order valence-corrected chi connectivity index (χ0v) is 9.86. The third-order valence-corrected chi connectivity index (χ3v) is 3.38. The minimum Gasteiger partial charge on any atom is -0.374 e. The Morgan fingerprint density at radius 3 is 2.31 bits per heavy atom. The second-order valence-corrected chi connectivity index (χ2v) is 4.62. The van der Waals surface area contributed by atoms with Crippen molar-refractivity contribution < 1.29 is 18.6 Å². The van der Waals surface area contributed by atoms with Gasteiger partial charge in [-0.2, -0.15) is 0 Å². The van der Waals surface area contributed by atoms with E-state index in [1.165, 1.54) is 0 Å². The lowest BCUT2D eigenvalue weighted by atomic mass is 9.87. The third kappa shape index (κ3) is 3.15. The molecule has 0 aromatic heterocycles. The van der Waals surface area contributed by atoms with Crippen LogP contribution in [0.4, 0.5) is 4.39 Å². The molecule has 3 nitrogen and oxygen atoms in total. The van der Waals surface area contributed by atoms with Gasteiger partial charge < -0.3 is 14.2 Å². The van der Waals surface area contributed by atoms with Crippen molar-refractivity contribution in [3.63, 3.8) is 0 Å². The smallest absolute Gasteiger partial charge is 0.160 e. The monoisotopic (exact) mass is 232 g/mol. The first kappa shape index (κ1) is 12.3. The zero-order valence-electron chi connectivity index (χ0n) is 9.86. The third-order valence-electron chi connectivity index (χ3n) is 3.38. The maximum Gasteiger partial charge on any atom is 0.160 e. The summed E-state index contributed by atoms with van der Waals surface area (Å²) < 4.78 is 29.7. The molecule has 0 bridgehead atoms. The van der Waals surface area contributed by atoms with Gasteiger partial charge in [-0.25, -0.2) is 4.39 Å². The van der Waals surface area contributed by atoms with Gasteiger partial charge >= 0.3 is 0 Å². The summed E-state index contributed by atoms with van der Waals surface area (Å²) in [5.74, 6) is 0.370. The lowest BCUT2D eigenvalue weighted by Crippen LogP contribution is -2.42. The molecule has 2 rings (SSSR count). The van der Waals surface area contributed by atoms with Gasteiger partial charge in [-0.1, -0.05) is 0 Å². The van der Waals surface area contributed by atoms with Crippen LogP contribution >= 0.6 is 0 Å². The van der Waals surface area contributed by atoms with Crippen molar-refractivity contribution in [2.75, 3.05) is 19.8 Å². The van der Waals surface area contributed by atoms with Gasteiger partial charge in [0.15, 0.2) is 6.29 Å². The fourth-order valence-corrected chi connectivity index (χ4v) is 2.46. The summed E-state index contributed by atoms with van der Waals surface area (Å²) in [5, 5.41) is 0. The van der Waals surface area contributed by atoms with E-state index in [1.54, 1.807) is 0 Å². The zero-order chi connectivity index (χ0) is 11.4. The van der Waals surface area contributed by atoms with Crippen molar-refractivity contribution in [3.05, 3.63) is 0 Å². The van der Waals surface area contributed by atoms with E-state index in [4.69, 9.17) is 14.2 Å². The molecule has 0 radical (unpaired) electrons. The van der Waals surface area contributed by atoms with Crippen LogP contribution in [0.1, 0.15) is 32.6 Å². The number of halogens is 1. The fraction of sp³-hybridized carbons (Fsp3) is 1.00. The molecule has 1 aliphatic heterocycles. The Bertz CT molecular complexity index is 196. The highest BCUT2D eigenvalue weighted by molar-refractivity contribution is 4.76. The summed E-state index contributed by atoms with van der Waals surface area (Å²) >= 11 is 0. The molecule has 0 amide bonds. The largest absolute Gasteiger partial charge is 0.374 e. The van der Waals surface area contributed by atoms with Crippen LogP contribution < -0.4 is 0 Å². The van der Waals surface area contributed by atoms with Crippen LogP contribution in [0.2, 0.25) is 0 Å². The Balaban J connectivity index is 1.72. The second-order valence-electron chi connectivity index (χ2n) is 4.62. The Morgan fingerprint density at radius 1 is 1.12 bits per heavy atom. The summed E-state index contributed by atoms with van der Waals surface area (Å²) in [7, 11) is 0. The Labute approximate surface area is 96.2 Å².